The van der Waals surface area contributed by atoms with Crippen LogP contribution in [0.15, 0.2) is 53.7 Å². The summed E-state index contributed by atoms with van der Waals surface area (Å²) in [6.07, 6.45) is 0. The van der Waals surface area contributed by atoms with Crippen LogP contribution >= 0.6 is 23.4 Å². The van der Waals surface area contributed by atoms with Gasteiger partial charge < -0.3 is 5.32 Å². The zero-order chi connectivity index (χ0) is 18.5. The minimum Gasteiger partial charge on any atom is -0.351 e. The molecule has 0 aliphatic heterocycles. The van der Waals surface area contributed by atoms with Gasteiger partial charge in [-0.2, -0.15) is 4.68 Å². The molecule has 0 spiro atoms. The molecule has 0 saturated heterocycles. The molecule has 1 aromatic heterocycles. The number of hydrogen-bond acceptors (Lipinski definition) is 5. The highest BCUT2D eigenvalue weighted by atomic mass is 35.5. The highest BCUT2D eigenvalue weighted by Crippen LogP contribution is 2.23. The Morgan fingerprint density at radius 3 is 2.77 bits per heavy atom. The van der Waals surface area contributed by atoms with Gasteiger partial charge in [-0.25, -0.2) is 0 Å². The standard InChI is InChI=1S/C18H18ClN5OS/c1-12-4-3-5-16(10-12)24-18(21-22-23-24)26-13(2)17(25)20-11-14-6-8-15(19)9-7-14/h3-10,13H,11H2,1-2H3,(H,20,25). The molecule has 1 N–H and O–H groups in total. The molecule has 3 aromatic rings. The summed E-state index contributed by atoms with van der Waals surface area (Å²) in [4.78, 5) is 12.4. The van der Waals surface area contributed by atoms with E-state index in [1.807, 2.05) is 50.2 Å². The number of hydrogen-bond donors (Lipinski definition) is 1. The Kier molecular flexibility index (Phi) is 5.90. The summed E-state index contributed by atoms with van der Waals surface area (Å²) >= 11 is 7.18. The third kappa shape index (κ3) is 4.62. The molecule has 1 unspecified atom stereocenters. The molecule has 0 aliphatic carbocycles. The molecule has 0 saturated carbocycles. The predicted octanol–water partition coefficient (Wildman–Crippen LogP) is 3.42. The Bertz CT molecular complexity index is 897. The lowest BCUT2D eigenvalue weighted by Gasteiger charge is -2.12. The number of nitrogens with zero attached hydrogens (tertiary/aromatic N) is 4. The van der Waals surface area contributed by atoms with Crippen molar-refractivity contribution >= 4 is 29.3 Å². The van der Waals surface area contributed by atoms with Crippen LogP contribution in [0, 0.1) is 6.92 Å². The number of nitrogens with one attached hydrogen (secondary N) is 1. The summed E-state index contributed by atoms with van der Waals surface area (Å²) < 4.78 is 1.64. The predicted molar refractivity (Wildman–Crippen MR) is 103 cm³/mol. The summed E-state index contributed by atoms with van der Waals surface area (Å²) in [6, 6.07) is 15.3. The molecular weight excluding hydrogens is 370 g/mol. The molecule has 1 amide bonds. The Morgan fingerprint density at radius 2 is 2.04 bits per heavy atom. The number of aryl methyl sites for hydroxylation is 1. The fraction of sp³-hybridized carbons (Fsp3) is 0.222. The molecule has 0 fully saturated rings. The Hall–Kier alpha value is -2.38. The van der Waals surface area contributed by atoms with E-state index in [1.54, 1.807) is 16.8 Å². The summed E-state index contributed by atoms with van der Waals surface area (Å²) in [5, 5.41) is 15.6. The van der Waals surface area contributed by atoms with Gasteiger partial charge in [0.05, 0.1) is 10.9 Å². The average Bonchev–Trinajstić information content (AvgIpc) is 3.09. The van der Waals surface area contributed by atoms with Crippen molar-refractivity contribution < 1.29 is 4.79 Å². The maximum absolute atomic E-state index is 12.4. The third-order valence-corrected chi connectivity index (χ3v) is 5.00. The zero-order valence-corrected chi connectivity index (χ0v) is 16.0. The number of halogens is 1. The zero-order valence-electron chi connectivity index (χ0n) is 14.4. The average molecular weight is 388 g/mol. The summed E-state index contributed by atoms with van der Waals surface area (Å²) in [7, 11) is 0. The number of tetrazole rings is 1. The number of carbonyl (C=O) groups excluding carboxylic acids is 1. The quantitative estimate of drug-likeness (QED) is 0.656. The molecule has 1 heterocycles. The van der Waals surface area contributed by atoms with E-state index in [1.165, 1.54) is 11.8 Å². The Morgan fingerprint density at radius 1 is 1.27 bits per heavy atom. The van der Waals surface area contributed by atoms with Crippen LogP contribution in [-0.2, 0) is 11.3 Å². The Labute approximate surface area is 160 Å². The van der Waals surface area contributed by atoms with E-state index in [0.29, 0.717) is 16.7 Å². The van der Waals surface area contributed by atoms with Crippen molar-refractivity contribution in [3.05, 3.63) is 64.7 Å². The molecule has 8 heteroatoms. The lowest BCUT2D eigenvalue weighted by atomic mass is 10.2. The molecule has 134 valence electrons. The lowest BCUT2D eigenvalue weighted by molar-refractivity contribution is -0.120. The van der Waals surface area contributed by atoms with Gasteiger partial charge in [-0.15, -0.1) is 5.10 Å². The largest absolute Gasteiger partial charge is 0.351 e. The van der Waals surface area contributed by atoms with E-state index in [-0.39, 0.29) is 11.2 Å². The normalized spacial score (nSPS) is 12.0. The fourth-order valence-electron chi connectivity index (χ4n) is 2.32. The first-order valence-electron chi connectivity index (χ1n) is 8.07. The van der Waals surface area contributed by atoms with Crippen molar-refractivity contribution in [3.63, 3.8) is 0 Å². The van der Waals surface area contributed by atoms with Crippen molar-refractivity contribution in [2.45, 2.75) is 30.8 Å². The first-order valence-corrected chi connectivity index (χ1v) is 9.33. The second-order valence-electron chi connectivity index (χ2n) is 5.82. The SMILES string of the molecule is Cc1cccc(-n2nnnc2SC(C)C(=O)NCc2ccc(Cl)cc2)c1. The van der Waals surface area contributed by atoms with Gasteiger partial charge in [0.1, 0.15) is 0 Å². The molecule has 1 atom stereocenters. The van der Waals surface area contributed by atoms with E-state index in [9.17, 15) is 4.79 Å². The number of benzene rings is 2. The number of aromatic nitrogens is 4. The smallest absolute Gasteiger partial charge is 0.233 e. The molecule has 26 heavy (non-hydrogen) atoms. The first-order chi connectivity index (χ1) is 12.5. The van der Waals surface area contributed by atoms with E-state index in [2.05, 4.69) is 20.8 Å². The summed E-state index contributed by atoms with van der Waals surface area (Å²) in [5.74, 6) is -0.0799. The van der Waals surface area contributed by atoms with Crippen LogP contribution in [0.1, 0.15) is 18.1 Å². The van der Waals surface area contributed by atoms with Crippen LogP contribution in [-0.4, -0.2) is 31.4 Å². The van der Waals surface area contributed by atoms with Gasteiger partial charge in [0.2, 0.25) is 11.1 Å². The molecule has 0 radical (unpaired) electrons. The third-order valence-electron chi connectivity index (χ3n) is 3.72. The lowest BCUT2D eigenvalue weighted by Crippen LogP contribution is -2.30. The van der Waals surface area contributed by atoms with Crippen LogP contribution in [0.25, 0.3) is 5.69 Å². The summed E-state index contributed by atoms with van der Waals surface area (Å²) in [6.45, 7) is 4.29. The number of rotatable bonds is 6. The maximum Gasteiger partial charge on any atom is 0.233 e. The van der Waals surface area contributed by atoms with E-state index in [4.69, 9.17) is 11.6 Å². The highest BCUT2D eigenvalue weighted by molar-refractivity contribution is 8.00. The second-order valence-corrected chi connectivity index (χ2v) is 7.56. The van der Waals surface area contributed by atoms with Crippen LogP contribution in [0.2, 0.25) is 5.02 Å². The number of amides is 1. The van der Waals surface area contributed by atoms with Gasteiger partial charge in [0.15, 0.2) is 0 Å². The van der Waals surface area contributed by atoms with E-state index < -0.39 is 0 Å². The number of carbonyl (C=O) groups is 1. The first kappa shape index (κ1) is 18.4. The monoisotopic (exact) mass is 387 g/mol. The van der Waals surface area contributed by atoms with Crippen molar-refractivity contribution in [1.29, 1.82) is 0 Å². The van der Waals surface area contributed by atoms with Gasteiger partial charge in [0, 0.05) is 11.6 Å². The van der Waals surface area contributed by atoms with Crippen molar-refractivity contribution in [1.82, 2.24) is 25.5 Å². The van der Waals surface area contributed by atoms with Gasteiger partial charge in [0.25, 0.3) is 0 Å². The Balaban J connectivity index is 1.63. The van der Waals surface area contributed by atoms with Gasteiger partial charge in [-0.1, -0.05) is 47.6 Å². The molecule has 0 aliphatic rings. The fourth-order valence-corrected chi connectivity index (χ4v) is 3.28. The summed E-state index contributed by atoms with van der Waals surface area (Å²) in [5.41, 5.74) is 2.97. The molecule has 3 rings (SSSR count). The number of thioether (sulfide) groups is 1. The highest BCUT2D eigenvalue weighted by Gasteiger charge is 2.19. The van der Waals surface area contributed by atoms with Crippen molar-refractivity contribution in [3.8, 4) is 5.69 Å². The van der Waals surface area contributed by atoms with E-state index >= 15 is 0 Å². The van der Waals surface area contributed by atoms with Gasteiger partial charge in [-0.3, -0.25) is 4.79 Å². The molecular formula is C18H18ClN5OS. The van der Waals surface area contributed by atoms with Crippen molar-refractivity contribution in [2.24, 2.45) is 0 Å². The molecule has 2 aromatic carbocycles. The van der Waals surface area contributed by atoms with E-state index in [0.717, 1.165) is 16.8 Å². The van der Waals surface area contributed by atoms with Gasteiger partial charge in [-0.05, 0) is 59.7 Å². The van der Waals surface area contributed by atoms with Crippen molar-refractivity contribution in [2.75, 3.05) is 0 Å². The van der Waals surface area contributed by atoms with Crippen LogP contribution < -0.4 is 5.32 Å². The second kappa shape index (κ2) is 8.33. The topological polar surface area (TPSA) is 72.7 Å². The van der Waals surface area contributed by atoms with Crippen LogP contribution in [0.4, 0.5) is 0 Å². The van der Waals surface area contributed by atoms with Crippen LogP contribution in [0.3, 0.4) is 0 Å². The minimum absolute atomic E-state index is 0.0799. The van der Waals surface area contributed by atoms with Crippen LogP contribution in [0.5, 0.6) is 0 Å². The molecule has 0 bridgehead atoms. The van der Waals surface area contributed by atoms with Gasteiger partial charge >= 0.3 is 0 Å². The maximum atomic E-state index is 12.4. The minimum atomic E-state index is -0.336. The molecule has 6 nitrogen and oxygen atoms in total.